The third-order valence-corrected chi connectivity index (χ3v) is 1.73. The van der Waals surface area contributed by atoms with E-state index < -0.39 is 6.09 Å². The first kappa shape index (κ1) is 11.5. The first-order chi connectivity index (χ1) is 7.22. The molecule has 0 saturated carbocycles. The van der Waals surface area contributed by atoms with Crippen LogP contribution in [0.5, 0.6) is 0 Å². The molecule has 0 fully saturated rings. The summed E-state index contributed by atoms with van der Waals surface area (Å²) in [7, 11) is 0. The smallest absolute Gasteiger partial charge is 0.427 e. The van der Waals surface area contributed by atoms with Gasteiger partial charge in [-0.25, -0.2) is 10.2 Å². The van der Waals surface area contributed by atoms with E-state index in [1.54, 1.807) is 25.1 Å². The second kappa shape index (κ2) is 6.03. The summed E-state index contributed by atoms with van der Waals surface area (Å²) in [5.41, 5.74) is 3.02. The zero-order valence-electron chi connectivity index (χ0n) is 8.24. The highest BCUT2D eigenvalue weighted by molar-refractivity contribution is 6.30. The van der Waals surface area contributed by atoms with Crippen molar-refractivity contribution in [3.8, 4) is 0 Å². The van der Waals surface area contributed by atoms with Gasteiger partial charge in [0.2, 0.25) is 0 Å². The number of nitrogens with one attached hydrogen (secondary N) is 1. The van der Waals surface area contributed by atoms with E-state index in [0.717, 1.165) is 5.56 Å². The van der Waals surface area contributed by atoms with Gasteiger partial charge in [-0.2, -0.15) is 5.10 Å². The van der Waals surface area contributed by atoms with Crippen molar-refractivity contribution >= 4 is 23.9 Å². The van der Waals surface area contributed by atoms with Crippen LogP contribution in [0.15, 0.2) is 29.4 Å². The second-order valence-corrected chi connectivity index (χ2v) is 3.08. The summed E-state index contributed by atoms with van der Waals surface area (Å²) in [6, 6.07) is 7.12. The number of carbonyl (C=O) groups is 1. The zero-order valence-corrected chi connectivity index (χ0v) is 8.99. The maximum absolute atomic E-state index is 10.8. The minimum Gasteiger partial charge on any atom is -0.449 e. The van der Waals surface area contributed by atoms with Crippen LogP contribution in [0.2, 0.25) is 5.02 Å². The molecule has 1 rings (SSSR count). The van der Waals surface area contributed by atoms with Crippen LogP contribution in [0.1, 0.15) is 12.5 Å². The Labute approximate surface area is 92.9 Å². The van der Waals surface area contributed by atoms with E-state index in [-0.39, 0.29) is 0 Å². The summed E-state index contributed by atoms with van der Waals surface area (Å²) in [5.74, 6) is 0. The maximum Gasteiger partial charge on any atom is 0.427 e. The van der Waals surface area contributed by atoms with Crippen molar-refractivity contribution in [2.45, 2.75) is 6.92 Å². The van der Waals surface area contributed by atoms with Crippen LogP contribution in [0.4, 0.5) is 4.79 Å². The predicted molar refractivity (Wildman–Crippen MR) is 59.2 cm³/mol. The molecule has 1 N–H and O–H groups in total. The lowest BCUT2D eigenvalue weighted by Gasteiger charge is -1.98. The van der Waals surface area contributed by atoms with Crippen molar-refractivity contribution in [3.63, 3.8) is 0 Å². The van der Waals surface area contributed by atoms with Crippen LogP contribution in [0, 0.1) is 0 Å². The molecule has 0 aliphatic heterocycles. The van der Waals surface area contributed by atoms with Crippen LogP contribution in [-0.2, 0) is 4.74 Å². The van der Waals surface area contributed by atoms with Crippen molar-refractivity contribution in [1.82, 2.24) is 5.43 Å². The average molecular weight is 227 g/mol. The summed E-state index contributed by atoms with van der Waals surface area (Å²) >= 11 is 5.76. The maximum atomic E-state index is 10.8. The van der Waals surface area contributed by atoms with Crippen LogP contribution >= 0.6 is 11.6 Å². The Morgan fingerprint density at radius 1 is 1.67 bits per heavy atom. The highest BCUT2D eigenvalue weighted by atomic mass is 35.5. The topological polar surface area (TPSA) is 50.7 Å². The molecule has 4 nitrogen and oxygen atoms in total. The van der Waals surface area contributed by atoms with Crippen LogP contribution < -0.4 is 5.43 Å². The van der Waals surface area contributed by atoms with Crippen molar-refractivity contribution in [3.05, 3.63) is 34.9 Å². The molecule has 0 saturated heterocycles. The molecule has 1 aromatic rings. The number of hydrazone groups is 1. The van der Waals surface area contributed by atoms with Crippen molar-refractivity contribution in [2.75, 3.05) is 6.61 Å². The Hall–Kier alpha value is -1.55. The Kier molecular flexibility index (Phi) is 4.63. The molecule has 0 heterocycles. The molecule has 1 aromatic carbocycles. The van der Waals surface area contributed by atoms with E-state index in [2.05, 4.69) is 15.3 Å². The largest absolute Gasteiger partial charge is 0.449 e. The summed E-state index contributed by atoms with van der Waals surface area (Å²) in [4.78, 5) is 10.8. The molecule has 0 unspecified atom stereocenters. The molecule has 0 radical (unpaired) electrons. The first-order valence-electron chi connectivity index (χ1n) is 4.43. The van der Waals surface area contributed by atoms with E-state index in [0.29, 0.717) is 11.6 Å². The van der Waals surface area contributed by atoms with E-state index in [4.69, 9.17) is 11.6 Å². The molecule has 1 amide bonds. The molecule has 0 bridgehead atoms. The van der Waals surface area contributed by atoms with Crippen molar-refractivity contribution in [1.29, 1.82) is 0 Å². The zero-order chi connectivity index (χ0) is 11.1. The molecule has 80 valence electrons. The molecule has 0 aliphatic rings. The van der Waals surface area contributed by atoms with E-state index in [9.17, 15) is 4.79 Å². The molecular weight excluding hydrogens is 216 g/mol. The van der Waals surface area contributed by atoms with Gasteiger partial charge in [0.1, 0.15) is 0 Å². The van der Waals surface area contributed by atoms with Gasteiger partial charge in [-0.3, -0.25) is 0 Å². The van der Waals surface area contributed by atoms with Gasteiger partial charge in [0.25, 0.3) is 0 Å². The Balaban J connectivity index is 2.48. The number of halogens is 1. The van der Waals surface area contributed by atoms with E-state index >= 15 is 0 Å². The Morgan fingerprint density at radius 2 is 2.47 bits per heavy atom. The number of amides is 1. The predicted octanol–water partition coefficient (Wildman–Crippen LogP) is 2.42. The number of ether oxygens (including phenoxy) is 1. The molecule has 0 aliphatic carbocycles. The van der Waals surface area contributed by atoms with E-state index in [1.807, 2.05) is 6.07 Å². The third-order valence-electron chi connectivity index (χ3n) is 1.49. The van der Waals surface area contributed by atoms with Crippen LogP contribution in [0.3, 0.4) is 0 Å². The van der Waals surface area contributed by atoms with Crippen LogP contribution in [-0.4, -0.2) is 18.9 Å². The second-order valence-electron chi connectivity index (χ2n) is 2.65. The fraction of sp³-hybridized carbons (Fsp3) is 0.200. The Bertz CT molecular complexity index is 366. The summed E-state index contributed by atoms with van der Waals surface area (Å²) in [6.07, 6.45) is 0.916. The van der Waals surface area contributed by atoms with Gasteiger partial charge < -0.3 is 4.74 Å². The lowest BCUT2D eigenvalue weighted by molar-refractivity contribution is 0.152. The molecule has 0 atom stereocenters. The van der Waals surface area contributed by atoms with Crippen molar-refractivity contribution < 1.29 is 9.53 Å². The quantitative estimate of drug-likeness (QED) is 0.636. The summed E-state index contributed by atoms with van der Waals surface area (Å²) < 4.78 is 4.61. The first-order valence-corrected chi connectivity index (χ1v) is 4.81. The van der Waals surface area contributed by atoms with Gasteiger partial charge in [0, 0.05) is 5.02 Å². The van der Waals surface area contributed by atoms with Gasteiger partial charge in [0.05, 0.1) is 12.8 Å². The number of hydrogen-bond donors (Lipinski definition) is 1. The fourth-order valence-corrected chi connectivity index (χ4v) is 1.11. The number of hydrogen-bond acceptors (Lipinski definition) is 3. The number of nitrogens with zero attached hydrogens (tertiary/aromatic N) is 1. The highest BCUT2D eigenvalue weighted by Crippen LogP contribution is 2.08. The summed E-state index contributed by atoms with van der Waals surface area (Å²) in [5, 5.41) is 4.31. The number of rotatable bonds is 3. The lowest BCUT2D eigenvalue weighted by atomic mass is 10.2. The third kappa shape index (κ3) is 4.46. The van der Waals surface area contributed by atoms with Gasteiger partial charge in [-0.15, -0.1) is 0 Å². The Morgan fingerprint density at radius 3 is 3.13 bits per heavy atom. The average Bonchev–Trinajstić information content (AvgIpc) is 2.18. The van der Waals surface area contributed by atoms with Gasteiger partial charge >= 0.3 is 6.09 Å². The molecule has 15 heavy (non-hydrogen) atoms. The minimum absolute atomic E-state index is 0.318. The fourth-order valence-electron chi connectivity index (χ4n) is 0.910. The monoisotopic (exact) mass is 226 g/mol. The number of carbonyl (C=O) groups excluding carboxylic acids is 1. The number of benzene rings is 1. The van der Waals surface area contributed by atoms with E-state index in [1.165, 1.54) is 6.21 Å². The van der Waals surface area contributed by atoms with Gasteiger partial charge in [-0.1, -0.05) is 23.7 Å². The molecule has 0 aromatic heterocycles. The molecular formula is C10H11ClN2O2. The van der Waals surface area contributed by atoms with Gasteiger partial charge in [0.15, 0.2) is 0 Å². The normalized spacial score (nSPS) is 10.3. The summed E-state index contributed by atoms with van der Waals surface area (Å²) in [6.45, 7) is 2.04. The van der Waals surface area contributed by atoms with Crippen LogP contribution in [0.25, 0.3) is 0 Å². The molecule has 0 spiro atoms. The minimum atomic E-state index is -0.573. The standard InChI is InChI=1S/C10H11ClN2O2/c1-2-15-10(14)13-12-7-8-4-3-5-9(11)6-8/h3-7H,2H2,1H3,(H,13,14)/b12-7-. The SMILES string of the molecule is CCOC(=O)N/N=C\c1cccc(Cl)c1. The lowest BCUT2D eigenvalue weighted by Crippen LogP contribution is -2.18. The molecule has 5 heteroatoms. The van der Waals surface area contributed by atoms with Gasteiger partial charge in [-0.05, 0) is 24.6 Å². The van der Waals surface area contributed by atoms with Crippen molar-refractivity contribution in [2.24, 2.45) is 5.10 Å². The highest BCUT2D eigenvalue weighted by Gasteiger charge is 1.95.